The van der Waals surface area contributed by atoms with Crippen molar-refractivity contribution in [1.29, 1.82) is 0 Å². The molecule has 0 aliphatic heterocycles. The van der Waals surface area contributed by atoms with E-state index in [1.165, 1.54) is 14.2 Å². The predicted octanol–water partition coefficient (Wildman–Crippen LogP) is 0.445. The first-order chi connectivity index (χ1) is 11.5. The Hall–Kier alpha value is -1.66. The van der Waals surface area contributed by atoms with Crippen molar-refractivity contribution < 1.29 is 42.6 Å². The van der Waals surface area contributed by atoms with E-state index in [0.29, 0.717) is 31.4 Å². The van der Waals surface area contributed by atoms with E-state index in [0.717, 1.165) is 16.6 Å². The van der Waals surface area contributed by atoms with Gasteiger partial charge in [0.15, 0.2) is 0 Å². The van der Waals surface area contributed by atoms with Gasteiger partial charge >= 0.3 is 18.9 Å². The number of aryl methyl sites for hydroxylation is 1. The minimum Gasteiger partial charge on any atom is -0.497 e. The van der Waals surface area contributed by atoms with E-state index in [2.05, 4.69) is 0 Å². The van der Waals surface area contributed by atoms with Gasteiger partial charge in [0, 0.05) is 17.7 Å². The third-order valence-corrected chi connectivity index (χ3v) is 4.72. The molecule has 0 heterocycles. The number of hydrogen-bond donors (Lipinski definition) is 0. The van der Waals surface area contributed by atoms with Crippen LogP contribution < -0.4 is 43.1 Å². The van der Waals surface area contributed by atoms with Gasteiger partial charge in [-0.05, 0) is 19.1 Å². The Labute approximate surface area is 162 Å². The molecular weight excluding hydrogens is 334 g/mol. The molecule has 2 aromatic rings. The molecule has 0 aliphatic rings. The van der Waals surface area contributed by atoms with Crippen LogP contribution in [0.3, 0.4) is 0 Å². The van der Waals surface area contributed by atoms with E-state index >= 15 is 0 Å². The monoisotopic (exact) mass is 354 g/mol. The second-order valence-corrected chi connectivity index (χ2v) is 6.09. The normalized spacial score (nSPS) is 10.3. The fourth-order valence-corrected chi connectivity index (χ4v) is 3.20. The molecule has 128 valence electrons. The summed E-state index contributed by atoms with van der Waals surface area (Å²) in [5.74, 6) is 2.18. The second kappa shape index (κ2) is 9.73. The van der Waals surface area contributed by atoms with Gasteiger partial charge in [-0.1, -0.05) is 11.6 Å². The first-order valence-corrected chi connectivity index (χ1v) is 8.14. The van der Waals surface area contributed by atoms with E-state index in [1.54, 1.807) is 26.4 Å². The minimum atomic E-state index is -0.111. The molecule has 0 spiro atoms. The van der Waals surface area contributed by atoms with Gasteiger partial charge in [0.05, 0.1) is 34.0 Å². The van der Waals surface area contributed by atoms with Crippen LogP contribution in [-0.2, 0) is 0 Å². The molecule has 0 aliphatic carbocycles. The predicted molar refractivity (Wildman–Crippen MR) is 94.7 cm³/mol. The van der Waals surface area contributed by atoms with E-state index in [1.807, 2.05) is 25.1 Å². The molecule has 0 saturated carbocycles. The molecule has 25 heavy (non-hydrogen) atoms. The Bertz CT molecular complexity index is 723. The summed E-state index contributed by atoms with van der Waals surface area (Å²) in [6.07, 6.45) is 0. The van der Waals surface area contributed by atoms with Crippen LogP contribution in [0.2, 0.25) is 0 Å². The summed E-state index contributed by atoms with van der Waals surface area (Å²) >= 11 is 0. The summed E-state index contributed by atoms with van der Waals surface area (Å²) in [5.41, 5.74) is 1.27. The van der Waals surface area contributed by atoms with Crippen molar-refractivity contribution >= 4 is 19.4 Å². The number of carbonyl (C=O) groups is 1. The number of ether oxygens (including phenoxy) is 4. The molecule has 0 N–H and O–H groups in total. The van der Waals surface area contributed by atoms with Gasteiger partial charge in [0.2, 0.25) is 0 Å². The van der Waals surface area contributed by atoms with Crippen LogP contribution in [0.25, 0.3) is 0 Å². The van der Waals surface area contributed by atoms with Crippen LogP contribution >= 0.6 is 8.58 Å². The van der Waals surface area contributed by atoms with Gasteiger partial charge < -0.3 is 32.3 Å². The fraction of sp³-hybridized carbons (Fsp3) is 0.278. The molecule has 0 unspecified atom stereocenters. The van der Waals surface area contributed by atoms with Gasteiger partial charge in [-0.3, -0.25) is 0 Å². The van der Waals surface area contributed by atoms with Crippen molar-refractivity contribution in [3.8, 4) is 23.0 Å². The minimum absolute atomic E-state index is 0. The Morgan fingerprint density at radius 2 is 1.40 bits per heavy atom. The topological polar surface area (TPSA) is 54.0 Å². The van der Waals surface area contributed by atoms with Crippen molar-refractivity contribution in [2.24, 2.45) is 0 Å². The third-order valence-electron chi connectivity index (χ3n) is 3.55. The molecule has 0 radical (unpaired) electrons. The van der Waals surface area contributed by atoms with Crippen LogP contribution in [0.4, 0.5) is 0 Å². The summed E-state index contributed by atoms with van der Waals surface area (Å²) in [6.45, 7) is 1.95. The zero-order chi connectivity index (χ0) is 17.7. The SMILES string of the molecule is COc1ccc([P-]C(=O)c2c(OC)cc(OC)cc2OC)c(C)c1.[Li+]. The van der Waals surface area contributed by atoms with Crippen LogP contribution in [0, 0.1) is 6.92 Å². The van der Waals surface area contributed by atoms with Crippen LogP contribution in [-0.4, -0.2) is 34.0 Å². The van der Waals surface area contributed by atoms with Crippen LogP contribution in [0.15, 0.2) is 30.3 Å². The zero-order valence-corrected chi connectivity index (χ0v) is 16.3. The largest absolute Gasteiger partial charge is 1.00 e. The summed E-state index contributed by atoms with van der Waals surface area (Å²) in [7, 11) is 6.73. The van der Waals surface area contributed by atoms with Crippen LogP contribution in [0.5, 0.6) is 23.0 Å². The second-order valence-electron chi connectivity index (χ2n) is 4.98. The molecule has 0 amide bonds. The summed E-state index contributed by atoms with van der Waals surface area (Å²) in [6, 6.07) is 8.97. The molecule has 2 aromatic carbocycles. The first kappa shape index (κ1) is 21.4. The number of hydrogen-bond acceptors (Lipinski definition) is 5. The molecular formula is C18H20LiO5P. The number of methoxy groups -OCH3 is 4. The summed E-state index contributed by atoms with van der Waals surface area (Å²) in [4.78, 5) is 12.8. The molecule has 0 fully saturated rings. The van der Waals surface area contributed by atoms with Crippen LogP contribution in [0.1, 0.15) is 15.9 Å². The van der Waals surface area contributed by atoms with E-state index in [4.69, 9.17) is 18.9 Å². The molecule has 2 rings (SSSR count). The van der Waals surface area contributed by atoms with E-state index in [-0.39, 0.29) is 24.4 Å². The molecule has 0 bridgehead atoms. The number of benzene rings is 2. The Morgan fingerprint density at radius 3 is 1.84 bits per heavy atom. The van der Waals surface area contributed by atoms with Gasteiger partial charge in [-0.25, -0.2) is 0 Å². The molecule has 0 aromatic heterocycles. The maximum atomic E-state index is 12.8. The molecule has 7 heteroatoms. The van der Waals surface area contributed by atoms with E-state index in [9.17, 15) is 4.79 Å². The zero-order valence-electron chi connectivity index (χ0n) is 15.4. The Balaban J connectivity index is 0.00000312. The molecule has 5 nitrogen and oxygen atoms in total. The van der Waals surface area contributed by atoms with Gasteiger partial charge in [-0.2, -0.15) is 5.30 Å². The van der Waals surface area contributed by atoms with Gasteiger partial charge in [0.25, 0.3) is 0 Å². The number of carbonyl (C=O) groups excluding carboxylic acids is 1. The standard InChI is InChI=1S/C18H20O5P.Li/c1-11-8-12(20-2)6-7-16(11)24-18(19)17-14(22-4)9-13(21-3)10-15(17)23-5;/h6-10H,1-5H3;/q-1;+1. The maximum Gasteiger partial charge on any atom is 1.00 e. The summed E-state index contributed by atoms with van der Waals surface area (Å²) < 4.78 is 21.1. The third kappa shape index (κ3) is 4.92. The van der Waals surface area contributed by atoms with Crippen molar-refractivity contribution in [2.45, 2.75) is 6.92 Å². The van der Waals surface area contributed by atoms with Gasteiger partial charge in [0.1, 0.15) is 23.0 Å². The fourth-order valence-electron chi connectivity index (χ4n) is 2.26. The number of rotatable bonds is 7. The first-order valence-electron chi connectivity index (χ1n) is 7.24. The summed E-state index contributed by atoms with van der Waals surface area (Å²) in [5, 5.41) is 0.903. The van der Waals surface area contributed by atoms with E-state index < -0.39 is 0 Å². The molecule has 0 saturated heterocycles. The smallest absolute Gasteiger partial charge is 0.497 e. The quantitative estimate of drug-likeness (QED) is 0.534. The molecule has 0 atom stereocenters. The van der Waals surface area contributed by atoms with Crippen molar-refractivity contribution in [2.75, 3.05) is 28.4 Å². The van der Waals surface area contributed by atoms with Crippen molar-refractivity contribution in [3.63, 3.8) is 0 Å². The van der Waals surface area contributed by atoms with Gasteiger partial charge in [-0.15, -0.1) is 0 Å². The maximum absolute atomic E-state index is 12.8. The average molecular weight is 354 g/mol. The van der Waals surface area contributed by atoms with Crippen molar-refractivity contribution in [3.05, 3.63) is 41.5 Å². The average Bonchev–Trinajstić information content (AvgIpc) is 2.61. The van der Waals surface area contributed by atoms with Crippen molar-refractivity contribution in [1.82, 2.24) is 0 Å². The Morgan fingerprint density at radius 1 is 0.840 bits per heavy atom. The Kier molecular flexibility index (Phi) is 8.32.